The van der Waals surface area contributed by atoms with Crippen LogP contribution in [0.4, 0.5) is 0 Å². The van der Waals surface area contributed by atoms with Crippen molar-refractivity contribution in [1.29, 1.82) is 0 Å². The summed E-state index contributed by atoms with van der Waals surface area (Å²) in [5, 5.41) is 9.79. The van der Waals surface area contributed by atoms with E-state index in [-0.39, 0.29) is 25.9 Å². The maximum absolute atomic E-state index is 12.9. The van der Waals surface area contributed by atoms with E-state index in [2.05, 4.69) is 106 Å². The Labute approximate surface area is 438 Å². The quantitative estimate of drug-likeness (QED) is 0.0197. The van der Waals surface area contributed by atoms with Gasteiger partial charge in [0, 0.05) is 19.3 Å². The number of hydrogen-bond donors (Lipinski definition) is 2. The van der Waals surface area contributed by atoms with E-state index in [9.17, 15) is 28.9 Å². The first-order valence-corrected chi connectivity index (χ1v) is 29.6. The average Bonchev–Trinajstić information content (AvgIpc) is 3.37. The molecule has 0 fully saturated rings. The van der Waals surface area contributed by atoms with Gasteiger partial charge >= 0.3 is 25.7 Å². The largest absolute Gasteiger partial charge is 0.472 e. The highest BCUT2D eigenvalue weighted by Crippen LogP contribution is 2.43. The molecular weight excluding hydrogens is 928 g/mol. The van der Waals surface area contributed by atoms with E-state index < -0.39 is 57.8 Å². The zero-order valence-electron chi connectivity index (χ0n) is 45.4. The molecule has 0 aliphatic carbocycles. The molecule has 0 aromatic rings. The predicted molar refractivity (Wildman–Crippen MR) is 297 cm³/mol. The lowest BCUT2D eigenvalue weighted by Gasteiger charge is -2.21. The Morgan fingerprint density at radius 2 is 0.736 bits per heavy atom. The highest BCUT2D eigenvalue weighted by atomic mass is 31.2. The molecule has 0 rings (SSSR count). The minimum absolute atomic E-state index is 0.0946. The fourth-order valence-corrected chi connectivity index (χ4v) is 8.00. The van der Waals surface area contributed by atoms with Gasteiger partial charge in [0.15, 0.2) is 6.10 Å². The monoisotopic (exact) mass is 1030 g/mol. The molecule has 0 aromatic heterocycles. The van der Waals surface area contributed by atoms with E-state index in [1.54, 1.807) is 0 Å². The number of hydrogen-bond acceptors (Lipinski definition) is 10. The molecule has 72 heavy (non-hydrogen) atoms. The highest BCUT2D eigenvalue weighted by Gasteiger charge is 2.28. The molecular formula is C60H101O11P. The van der Waals surface area contributed by atoms with Gasteiger partial charge in [-0.25, -0.2) is 4.57 Å². The fourth-order valence-electron chi connectivity index (χ4n) is 7.22. The number of aliphatic hydroxyl groups is 1. The fraction of sp³-hybridized carbons (Fsp3) is 0.683. The Morgan fingerprint density at radius 3 is 1.19 bits per heavy atom. The summed E-state index contributed by atoms with van der Waals surface area (Å²) in [4.78, 5) is 48.4. The van der Waals surface area contributed by atoms with Crippen molar-refractivity contribution in [3.63, 3.8) is 0 Å². The number of rotatable bonds is 51. The van der Waals surface area contributed by atoms with Crippen molar-refractivity contribution >= 4 is 25.7 Å². The van der Waals surface area contributed by atoms with Crippen LogP contribution in [0.2, 0.25) is 0 Å². The van der Waals surface area contributed by atoms with Crippen LogP contribution in [0.3, 0.4) is 0 Å². The van der Waals surface area contributed by atoms with E-state index in [4.69, 9.17) is 23.3 Å². The Hall–Kier alpha value is -3.60. The number of allylic oxidation sites excluding steroid dienone is 16. The normalized spacial score (nSPS) is 14.1. The molecule has 0 aromatic carbocycles. The van der Waals surface area contributed by atoms with Gasteiger partial charge in [0.1, 0.15) is 12.7 Å². The lowest BCUT2D eigenvalue weighted by molar-refractivity contribution is -0.161. The van der Waals surface area contributed by atoms with Gasteiger partial charge < -0.3 is 24.2 Å². The maximum atomic E-state index is 12.9. The number of ether oxygens (including phenoxy) is 3. The Bertz CT molecular complexity index is 1580. The van der Waals surface area contributed by atoms with Crippen molar-refractivity contribution in [2.75, 3.05) is 26.4 Å². The van der Waals surface area contributed by atoms with Crippen LogP contribution < -0.4 is 0 Å². The summed E-state index contributed by atoms with van der Waals surface area (Å²) < 4.78 is 39.4. The molecule has 0 radical (unpaired) electrons. The average molecular weight is 1030 g/mol. The number of aliphatic hydroxyl groups excluding tert-OH is 1. The van der Waals surface area contributed by atoms with Crippen LogP contribution in [-0.4, -0.2) is 66.5 Å². The summed E-state index contributed by atoms with van der Waals surface area (Å²) in [6, 6.07) is 0. The summed E-state index contributed by atoms with van der Waals surface area (Å²) >= 11 is 0. The second-order valence-electron chi connectivity index (χ2n) is 18.4. The summed E-state index contributed by atoms with van der Waals surface area (Å²) in [5.41, 5.74) is 0. The van der Waals surface area contributed by atoms with Gasteiger partial charge in [0.05, 0.1) is 19.8 Å². The van der Waals surface area contributed by atoms with Gasteiger partial charge in [-0.15, -0.1) is 0 Å². The molecule has 0 aliphatic heterocycles. The molecule has 0 spiro atoms. The maximum Gasteiger partial charge on any atom is 0.472 e. The number of unbranched alkanes of at least 4 members (excludes halogenated alkanes) is 18. The van der Waals surface area contributed by atoms with Crippen LogP contribution >= 0.6 is 7.82 Å². The second kappa shape index (κ2) is 53.7. The van der Waals surface area contributed by atoms with Crippen LogP contribution in [0.5, 0.6) is 0 Å². The molecule has 0 heterocycles. The second-order valence-corrected chi connectivity index (χ2v) is 19.8. The minimum Gasteiger partial charge on any atom is -0.462 e. The number of phosphoric ester groups is 1. The number of carbonyl (C=O) groups is 3. The van der Waals surface area contributed by atoms with Gasteiger partial charge in [-0.05, 0) is 96.3 Å². The number of esters is 3. The van der Waals surface area contributed by atoms with E-state index in [1.807, 2.05) is 12.2 Å². The third-order valence-corrected chi connectivity index (χ3v) is 12.4. The third kappa shape index (κ3) is 51.3. The molecule has 0 amide bonds. The minimum atomic E-state index is -4.77. The molecule has 3 atom stereocenters. The summed E-state index contributed by atoms with van der Waals surface area (Å²) in [6.45, 7) is 4.39. The van der Waals surface area contributed by atoms with Crippen LogP contribution in [0.1, 0.15) is 226 Å². The number of carbonyl (C=O) groups excluding carboxylic acids is 3. The van der Waals surface area contributed by atoms with E-state index in [0.717, 1.165) is 103 Å². The highest BCUT2D eigenvalue weighted by molar-refractivity contribution is 7.47. The summed E-state index contributed by atoms with van der Waals surface area (Å²) in [5.74, 6) is -1.55. The van der Waals surface area contributed by atoms with Crippen LogP contribution in [0.25, 0.3) is 0 Å². The van der Waals surface area contributed by atoms with E-state index in [0.29, 0.717) is 25.7 Å². The van der Waals surface area contributed by atoms with Crippen LogP contribution in [0, 0.1) is 0 Å². The van der Waals surface area contributed by atoms with Crippen molar-refractivity contribution in [2.24, 2.45) is 0 Å². The zero-order chi connectivity index (χ0) is 52.7. The Balaban J connectivity index is 4.73. The standard InChI is InChI=1S/C60H101O11P/c1-4-7-10-13-16-19-21-23-25-27-28-30-32-34-36-39-42-45-48-51-60(64)71-57(53-67-58(62)49-46-43-40-37-18-15-12-9-6-3)55-69-72(65,66)68-54-56(52-61)70-59(63)50-47-44-41-38-35-33-31-29-26-24-22-20-17-14-11-8-5-2/h8,11,16-17,19-20,23-26,28,30-31,33,38,41,56-57,61H,4-7,9-10,12-15,18,21-22,27,29,32,34-37,39-40,42-55H2,1-3H3,(H,65,66)/b11-8-,19-16-,20-17-,25-23-,26-24-,30-28-,33-31-,41-38-. The molecule has 412 valence electrons. The SMILES string of the molecule is CC/C=C\C/C=C\C/C=C\C/C=C\C/C=C\CCCC(=O)OC(CO)COP(=O)(O)OCC(COC(=O)CCCCCCCCCCC)OC(=O)CCCCCCCC/C=C\C/C=C\C/C=C\CCCCC. The summed E-state index contributed by atoms with van der Waals surface area (Å²) in [7, 11) is -4.77. The van der Waals surface area contributed by atoms with E-state index in [1.165, 1.54) is 57.8 Å². The van der Waals surface area contributed by atoms with Crippen molar-refractivity contribution < 1.29 is 52.2 Å². The smallest absolute Gasteiger partial charge is 0.462 e. The van der Waals surface area contributed by atoms with Crippen LogP contribution in [0.15, 0.2) is 97.2 Å². The molecule has 11 nitrogen and oxygen atoms in total. The molecule has 2 N–H and O–H groups in total. The first-order valence-electron chi connectivity index (χ1n) is 28.1. The predicted octanol–water partition coefficient (Wildman–Crippen LogP) is 16.5. The van der Waals surface area contributed by atoms with Crippen molar-refractivity contribution in [3.8, 4) is 0 Å². The molecule has 0 saturated carbocycles. The van der Waals surface area contributed by atoms with Gasteiger partial charge in [-0.1, -0.05) is 208 Å². The lowest BCUT2D eigenvalue weighted by atomic mass is 10.1. The molecule has 0 saturated heterocycles. The van der Waals surface area contributed by atoms with Gasteiger partial charge in [0.2, 0.25) is 0 Å². The van der Waals surface area contributed by atoms with Crippen molar-refractivity contribution in [3.05, 3.63) is 97.2 Å². The zero-order valence-corrected chi connectivity index (χ0v) is 46.3. The third-order valence-electron chi connectivity index (χ3n) is 11.5. The van der Waals surface area contributed by atoms with Gasteiger partial charge in [-0.2, -0.15) is 0 Å². The Morgan fingerprint density at radius 1 is 0.403 bits per heavy atom. The van der Waals surface area contributed by atoms with Gasteiger partial charge in [-0.3, -0.25) is 23.4 Å². The summed E-state index contributed by atoms with van der Waals surface area (Å²) in [6.07, 6.45) is 62.4. The molecule has 0 aliphatic rings. The van der Waals surface area contributed by atoms with Crippen molar-refractivity contribution in [2.45, 2.75) is 238 Å². The first-order chi connectivity index (χ1) is 35.2. The molecule has 3 unspecified atom stereocenters. The molecule has 0 bridgehead atoms. The van der Waals surface area contributed by atoms with Crippen LogP contribution in [-0.2, 0) is 42.2 Å². The first kappa shape index (κ1) is 68.4. The van der Waals surface area contributed by atoms with E-state index >= 15 is 0 Å². The Kier molecular flexibility index (Phi) is 51.0. The number of phosphoric acid groups is 1. The van der Waals surface area contributed by atoms with Crippen molar-refractivity contribution in [1.82, 2.24) is 0 Å². The van der Waals surface area contributed by atoms with Gasteiger partial charge in [0.25, 0.3) is 0 Å². The topological polar surface area (TPSA) is 155 Å². The lowest BCUT2D eigenvalue weighted by Crippen LogP contribution is -2.30. The molecule has 12 heteroatoms.